The number of rotatable bonds is 5. The predicted octanol–water partition coefficient (Wildman–Crippen LogP) is 1.48. The normalized spacial score (nSPS) is 12.7. The van der Waals surface area contributed by atoms with Gasteiger partial charge < -0.3 is 9.64 Å². The van der Waals surface area contributed by atoms with Crippen LogP contribution < -0.4 is 0 Å². The summed E-state index contributed by atoms with van der Waals surface area (Å²) in [5.41, 5.74) is 0. The number of hydrogen-bond donors (Lipinski definition) is 0. The Balaban J connectivity index is 3.83. The molecule has 13 heavy (non-hydrogen) atoms. The molecule has 0 bridgehead atoms. The van der Waals surface area contributed by atoms with Crippen LogP contribution in [0.3, 0.4) is 0 Å². The highest BCUT2D eigenvalue weighted by molar-refractivity contribution is 6.29. The predicted molar refractivity (Wildman–Crippen MR) is 53.7 cm³/mol. The van der Waals surface area contributed by atoms with Gasteiger partial charge in [0.1, 0.15) is 0 Å². The number of carbonyl (C=O) groups excluding carboxylic acids is 1. The van der Waals surface area contributed by atoms with Crippen LogP contribution in [0.2, 0.25) is 0 Å². The number of halogens is 1. The third-order valence-electron chi connectivity index (χ3n) is 1.63. The fourth-order valence-corrected chi connectivity index (χ4v) is 1.30. The van der Waals surface area contributed by atoms with Gasteiger partial charge in [0.15, 0.2) is 0 Å². The molecule has 3 nitrogen and oxygen atoms in total. The van der Waals surface area contributed by atoms with Crippen LogP contribution in [0.1, 0.15) is 6.92 Å². The van der Waals surface area contributed by atoms with E-state index in [2.05, 4.69) is 11.3 Å². The summed E-state index contributed by atoms with van der Waals surface area (Å²) in [5, 5.41) is 0.569. The summed E-state index contributed by atoms with van der Waals surface area (Å²) in [4.78, 5) is 13.0. The molecule has 1 atom stereocenters. The fraction of sp³-hybridized carbons (Fsp3) is 0.667. The summed E-state index contributed by atoms with van der Waals surface area (Å²) in [5.74, 6) is -0.335. The van der Waals surface area contributed by atoms with Gasteiger partial charge in [-0.05, 0) is 7.05 Å². The third-order valence-corrected chi connectivity index (χ3v) is 1.75. The lowest BCUT2D eigenvalue weighted by atomic mass is 10.2. The van der Waals surface area contributed by atoms with Crippen LogP contribution in [0.4, 0.5) is 0 Å². The molecule has 0 fully saturated rings. The Morgan fingerprint density at radius 2 is 2.23 bits per heavy atom. The fourth-order valence-electron chi connectivity index (χ4n) is 1.10. The van der Waals surface area contributed by atoms with Crippen LogP contribution in [0, 0.1) is 5.92 Å². The van der Waals surface area contributed by atoms with Crippen molar-refractivity contribution in [1.29, 1.82) is 0 Å². The average molecular weight is 206 g/mol. The zero-order chi connectivity index (χ0) is 10.4. The van der Waals surface area contributed by atoms with Crippen LogP contribution in [-0.4, -0.2) is 38.1 Å². The molecule has 0 saturated heterocycles. The topological polar surface area (TPSA) is 29.5 Å². The monoisotopic (exact) mass is 205 g/mol. The lowest BCUT2D eigenvalue weighted by Gasteiger charge is -2.18. The summed E-state index contributed by atoms with van der Waals surface area (Å²) in [6, 6.07) is 0. The highest BCUT2D eigenvalue weighted by atomic mass is 35.5. The molecule has 0 rings (SSSR count). The minimum Gasteiger partial charge on any atom is -0.469 e. The second-order valence-corrected chi connectivity index (χ2v) is 3.67. The molecule has 0 radical (unpaired) electrons. The van der Waals surface area contributed by atoms with Gasteiger partial charge in [0, 0.05) is 18.1 Å². The standard InChI is InChI=1S/C9H16ClNO2/c1-7(9(12)13-4)5-11(3)6-8(2)10/h7H,2,5-6H2,1,3-4H3. The molecule has 0 aliphatic heterocycles. The summed E-state index contributed by atoms with van der Waals surface area (Å²) in [6.45, 7) is 6.60. The van der Waals surface area contributed by atoms with Crippen molar-refractivity contribution in [2.45, 2.75) is 6.92 Å². The summed E-state index contributed by atoms with van der Waals surface area (Å²) >= 11 is 5.62. The van der Waals surface area contributed by atoms with Gasteiger partial charge in [0.25, 0.3) is 0 Å². The number of likely N-dealkylation sites (N-methyl/N-ethyl adjacent to an activating group) is 1. The van der Waals surface area contributed by atoms with Gasteiger partial charge in [-0.15, -0.1) is 0 Å². The van der Waals surface area contributed by atoms with E-state index in [1.807, 2.05) is 18.9 Å². The Kier molecular flexibility index (Phi) is 5.75. The molecule has 0 spiro atoms. The first-order valence-corrected chi connectivity index (χ1v) is 4.44. The molecule has 1 unspecified atom stereocenters. The van der Waals surface area contributed by atoms with Crippen LogP contribution in [-0.2, 0) is 9.53 Å². The third kappa shape index (κ3) is 5.66. The maximum absolute atomic E-state index is 11.0. The van der Waals surface area contributed by atoms with Gasteiger partial charge in [-0.1, -0.05) is 25.1 Å². The van der Waals surface area contributed by atoms with Crippen molar-refractivity contribution in [2.24, 2.45) is 5.92 Å². The van der Waals surface area contributed by atoms with Crippen molar-refractivity contribution < 1.29 is 9.53 Å². The highest BCUT2D eigenvalue weighted by Gasteiger charge is 2.15. The van der Waals surface area contributed by atoms with E-state index >= 15 is 0 Å². The molecular formula is C9H16ClNO2. The number of esters is 1. The Morgan fingerprint density at radius 3 is 2.62 bits per heavy atom. The van der Waals surface area contributed by atoms with Crippen molar-refractivity contribution in [3.63, 3.8) is 0 Å². The molecule has 0 aliphatic rings. The Labute approximate surface area is 84.3 Å². The number of carbonyl (C=O) groups is 1. The molecular weight excluding hydrogens is 190 g/mol. The lowest BCUT2D eigenvalue weighted by Crippen LogP contribution is -2.30. The van der Waals surface area contributed by atoms with Crippen LogP contribution in [0.25, 0.3) is 0 Å². The van der Waals surface area contributed by atoms with Crippen LogP contribution in [0.5, 0.6) is 0 Å². The van der Waals surface area contributed by atoms with Crippen LogP contribution >= 0.6 is 11.6 Å². The van der Waals surface area contributed by atoms with Gasteiger partial charge >= 0.3 is 5.97 Å². The SMILES string of the molecule is C=C(Cl)CN(C)CC(C)C(=O)OC. The zero-order valence-electron chi connectivity index (χ0n) is 8.34. The maximum Gasteiger partial charge on any atom is 0.309 e. The van der Waals surface area contributed by atoms with Gasteiger partial charge in [0.05, 0.1) is 13.0 Å². The Hall–Kier alpha value is -0.540. The molecule has 76 valence electrons. The van der Waals surface area contributed by atoms with E-state index in [0.717, 1.165) is 0 Å². The minimum absolute atomic E-state index is 0.133. The average Bonchev–Trinajstić information content (AvgIpc) is 2.01. The van der Waals surface area contributed by atoms with Crippen molar-refractivity contribution in [2.75, 3.05) is 27.2 Å². The molecule has 0 heterocycles. The molecule has 0 amide bonds. The van der Waals surface area contributed by atoms with Crippen LogP contribution in [0.15, 0.2) is 11.6 Å². The van der Waals surface area contributed by atoms with Gasteiger partial charge in [-0.3, -0.25) is 4.79 Å². The molecule has 0 saturated carbocycles. The van der Waals surface area contributed by atoms with Gasteiger partial charge in [-0.2, -0.15) is 0 Å². The molecule has 0 aromatic carbocycles. The number of methoxy groups -OCH3 is 1. The molecule has 0 aromatic heterocycles. The zero-order valence-corrected chi connectivity index (χ0v) is 9.10. The summed E-state index contributed by atoms with van der Waals surface area (Å²) in [7, 11) is 3.27. The molecule has 0 N–H and O–H groups in total. The molecule has 0 aromatic rings. The number of ether oxygens (including phenoxy) is 1. The van der Waals surface area contributed by atoms with Crippen molar-refractivity contribution in [1.82, 2.24) is 4.90 Å². The maximum atomic E-state index is 11.0. The Bertz CT molecular complexity index is 194. The van der Waals surface area contributed by atoms with E-state index in [9.17, 15) is 4.79 Å². The minimum atomic E-state index is -0.202. The van der Waals surface area contributed by atoms with E-state index in [1.165, 1.54) is 7.11 Å². The second-order valence-electron chi connectivity index (χ2n) is 3.14. The summed E-state index contributed by atoms with van der Waals surface area (Å²) < 4.78 is 4.60. The Morgan fingerprint density at radius 1 is 1.69 bits per heavy atom. The second kappa shape index (κ2) is 6.00. The van der Waals surface area contributed by atoms with E-state index in [0.29, 0.717) is 18.1 Å². The first kappa shape index (κ1) is 12.5. The quantitative estimate of drug-likeness (QED) is 0.637. The first-order chi connectivity index (χ1) is 5.97. The first-order valence-electron chi connectivity index (χ1n) is 4.07. The highest BCUT2D eigenvalue weighted by Crippen LogP contribution is 2.04. The van der Waals surface area contributed by atoms with E-state index in [-0.39, 0.29) is 11.9 Å². The van der Waals surface area contributed by atoms with E-state index in [1.54, 1.807) is 0 Å². The number of hydrogen-bond acceptors (Lipinski definition) is 3. The smallest absolute Gasteiger partial charge is 0.309 e. The van der Waals surface area contributed by atoms with E-state index < -0.39 is 0 Å². The number of nitrogens with zero attached hydrogens (tertiary/aromatic N) is 1. The van der Waals surface area contributed by atoms with Crippen molar-refractivity contribution in [3.05, 3.63) is 11.6 Å². The summed E-state index contributed by atoms with van der Waals surface area (Å²) in [6.07, 6.45) is 0. The lowest BCUT2D eigenvalue weighted by molar-refractivity contribution is -0.145. The largest absolute Gasteiger partial charge is 0.469 e. The van der Waals surface area contributed by atoms with Gasteiger partial charge in [0.2, 0.25) is 0 Å². The van der Waals surface area contributed by atoms with Gasteiger partial charge in [-0.25, -0.2) is 0 Å². The van der Waals surface area contributed by atoms with Crippen molar-refractivity contribution >= 4 is 17.6 Å². The molecule has 0 aliphatic carbocycles. The van der Waals surface area contributed by atoms with E-state index in [4.69, 9.17) is 11.6 Å². The van der Waals surface area contributed by atoms with Crippen molar-refractivity contribution in [3.8, 4) is 0 Å². The molecule has 4 heteroatoms.